The highest BCUT2D eigenvalue weighted by molar-refractivity contribution is 5.85. The number of carbonyl (C=O) groups excluding carboxylic acids is 1. The second kappa shape index (κ2) is 7.31. The second-order valence-corrected chi connectivity index (χ2v) is 7.62. The van der Waals surface area contributed by atoms with Crippen molar-refractivity contribution in [3.8, 4) is 0 Å². The van der Waals surface area contributed by atoms with Crippen LogP contribution in [0, 0.1) is 5.82 Å². The summed E-state index contributed by atoms with van der Waals surface area (Å²) in [5.41, 5.74) is 3.90. The number of halogens is 1. The molecular formula is C22H22FN5O. The summed E-state index contributed by atoms with van der Waals surface area (Å²) >= 11 is 0. The number of carbonyl (C=O) groups is 1. The first-order valence-electron chi connectivity index (χ1n) is 10.1. The van der Waals surface area contributed by atoms with Gasteiger partial charge in [-0.3, -0.25) is 9.20 Å². The number of benzene rings is 1. The highest BCUT2D eigenvalue weighted by Crippen LogP contribution is 2.35. The lowest BCUT2D eigenvalue weighted by atomic mass is 9.91. The Balaban J connectivity index is 1.24. The Morgan fingerprint density at radius 1 is 1.28 bits per heavy atom. The molecule has 6 nitrogen and oxygen atoms in total. The molecule has 0 radical (unpaired) electrons. The number of hydrogen-bond acceptors (Lipinski definition) is 3. The molecule has 148 valence electrons. The van der Waals surface area contributed by atoms with Crippen LogP contribution in [0.2, 0.25) is 0 Å². The zero-order valence-electron chi connectivity index (χ0n) is 16.0. The summed E-state index contributed by atoms with van der Waals surface area (Å²) in [4.78, 5) is 15.9. The van der Waals surface area contributed by atoms with E-state index in [2.05, 4.69) is 20.5 Å². The standard InChI is InChI=1S/C22H22FN5O/c23-14-10-11-17-16(13-14)15-5-3-6-18(22(15)25-17)24-21(29)9-4-8-20-27-26-19-7-1-2-12-28(19)20/h1-2,7,10-13,18,25H,3-6,8-9H2,(H,24,29)/t18-/m1/s1. The van der Waals surface area contributed by atoms with Gasteiger partial charge in [-0.15, -0.1) is 10.2 Å². The van der Waals surface area contributed by atoms with Crippen LogP contribution in [0.25, 0.3) is 16.6 Å². The molecule has 3 heterocycles. The van der Waals surface area contributed by atoms with Gasteiger partial charge >= 0.3 is 0 Å². The van der Waals surface area contributed by atoms with Gasteiger partial charge in [-0.1, -0.05) is 6.07 Å². The average molecular weight is 391 g/mol. The Kier molecular flexibility index (Phi) is 4.50. The van der Waals surface area contributed by atoms with Gasteiger partial charge in [-0.05, 0) is 61.6 Å². The number of fused-ring (bicyclic) bond motifs is 4. The van der Waals surface area contributed by atoms with Crippen LogP contribution in [0.1, 0.15) is 48.8 Å². The molecule has 7 heteroatoms. The lowest BCUT2D eigenvalue weighted by molar-refractivity contribution is -0.122. The maximum atomic E-state index is 13.6. The van der Waals surface area contributed by atoms with E-state index in [1.807, 2.05) is 28.8 Å². The van der Waals surface area contributed by atoms with E-state index >= 15 is 0 Å². The first-order valence-corrected chi connectivity index (χ1v) is 10.1. The maximum absolute atomic E-state index is 13.6. The largest absolute Gasteiger partial charge is 0.356 e. The van der Waals surface area contributed by atoms with Crippen LogP contribution in [-0.4, -0.2) is 25.5 Å². The SMILES string of the molecule is O=C(CCCc1nnc2ccccn12)N[C@@H]1CCCc2c1[nH]c1ccc(F)cc21. The van der Waals surface area contributed by atoms with Crippen LogP contribution in [0.4, 0.5) is 4.39 Å². The van der Waals surface area contributed by atoms with Crippen LogP contribution in [0.5, 0.6) is 0 Å². The van der Waals surface area contributed by atoms with Gasteiger partial charge in [0.25, 0.3) is 0 Å². The van der Waals surface area contributed by atoms with E-state index in [-0.39, 0.29) is 17.8 Å². The normalized spacial score (nSPS) is 16.2. The van der Waals surface area contributed by atoms with E-state index in [0.29, 0.717) is 19.3 Å². The van der Waals surface area contributed by atoms with E-state index in [1.54, 1.807) is 12.1 Å². The average Bonchev–Trinajstić information content (AvgIpc) is 3.30. The van der Waals surface area contributed by atoms with Crippen molar-refractivity contribution in [3.05, 3.63) is 65.5 Å². The topological polar surface area (TPSA) is 75.1 Å². The number of nitrogens with one attached hydrogen (secondary N) is 2. The van der Waals surface area contributed by atoms with Crippen molar-refractivity contribution in [2.75, 3.05) is 0 Å². The van der Waals surface area contributed by atoms with Crippen molar-refractivity contribution in [3.63, 3.8) is 0 Å². The lowest BCUT2D eigenvalue weighted by Crippen LogP contribution is -2.30. The summed E-state index contributed by atoms with van der Waals surface area (Å²) in [5, 5.41) is 12.4. The molecule has 5 rings (SSSR count). The Morgan fingerprint density at radius 2 is 2.21 bits per heavy atom. The second-order valence-electron chi connectivity index (χ2n) is 7.62. The Labute approximate surface area is 167 Å². The van der Waals surface area contributed by atoms with Crippen molar-refractivity contribution in [1.29, 1.82) is 0 Å². The zero-order chi connectivity index (χ0) is 19.8. The molecule has 0 unspecified atom stereocenters. The fourth-order valence-electron chi connectivity index (χ4n) is 4.31. The summed E-state index contributed by atoms with van der Waals surface area (Å²) in [6, 6.07) is 10.6. The molecule has 0 aliphatic heterocycles. The summed E-state index contributed by atoms with van der Waals surface area (Å²) in [5.74, 6) is 0.666. The van der Waals surface area contributed by atoms with Gasteiger partial charge in [-0.2, -0.15) is 0 Å². The number of aromatic amines is 1. The maximum Gasteiger partial charge on any atom is 0.220 e. The predicted molar refractivity (Wildman–Crippen MR) is 108 cm³/mol. The van der Waals surface area contributed by atoms with Gasteiger partial charge in [-0.25, -0.2) is 4.39 Å². The third-order valence-corrected chi connectivity index (χ3v) is 5.69. The van der Waals surface area contributed by atoms with Gasteiger partial charge < -0.3 is 10.3 Å². The van der Waals surface area contributed by atoms with Crippen molar-refractivity contribution in [2.45, 2.75) is 44.6 Å². The highest BCUT2D eigenvalue weighted by atomic mass is 19.1. The molecule has 0 bridgehead atoms. The van der Waals surface area contributed by atoms with Crippen LogP contribution in [0.15, 0.2) is 42.6 Å². The van der Waals surface area contributed by atoms with Gasteiger partial charge in [0.15, 0.2) is 5.65 Å². The van der Waals surface area contributed by atoms with Gasteiger partial charge in [0, 0.05) is 35.6 Å². The van der Waals surface area contributed by atoms with Crippen molar-refractivity contribution >= 4 is 22.5 Å². The smallest absolute Gasteiger partial charge is 0.220 e. The van der Waals surface area contributed by atoms with Crippen molar-refractivity contribution < 1.29 is 9.18 Å². The third-order valence-electron chi connectivity index (χ3n) is 5.69. The number of rotatable bonds is 5. The molecule has 2 N–H and O–H groups in total. The summed E-state index contributed by atoms with van der Waals surface area (Å²) in [6.45, 7) is 0. The van der Waals surface area contributed by atoms with E-state index in [4.69, 9.17) is 0 Å². The minimum atomic E-state index is -0.230. The van der Waals surface area contributed by atoms with Crippen molar-refractivity contribution in [2.24, 2.45) is 0 Å². The van der Waals surface area contributed by atoms with E-state index in [9.17, 15) is 9.18 Å². The number of pyridine rings is 1. The zero-order valence-corrected chi connectivity index (χ0v) is 16.0. The molecule has 0 spiro atoms. The predicted octanol–water partition coefficient (Wildman–Crippen LogP) is 3.87. The molecule has 29 heavy (non-hydrogen) atoms. The molecule has 1 aliphatic rings. The monoisotopic (exact) mass is 391 g/mol. The molecule has 0 saturated carbocycles. The Morgan fingerprint density at radius 3 is 3.14 bits per heavy atom. The van der Waals surface area contributed by atoms with E-state index < -0.39 is 0 Å². The fraction of sp³-hybridized carbons (Fsp3) is 0.318. The lowest BCUT2D eigenvalue weighted by Gasteiger charge is -2.23. The number of aromatic nitrogens is 4. The Hall–Kier alpha value is -3.22. The van der Waals surface area contributed by atoms with Gasteiger partial charge in [0.1, 0.15) is 11.6 Å². The molecule has 1 atom stereocenters. The summed E-state index contributed by atoms with van der Waals surface area (Å²) in [6.07, 6.45) is 6.55. The van der Waals surface area contributed by atoms with Gasteiger partial charge in [0.05, 0.1) is 6.04 Å². The Bertz CT molecular complexity index is 1190. The van der Waals surface area contributed by atoms with Crippen LogP contribution in [0.3, 0.4) is 0 Å². The molecule has 0 fully saturated rings. The molecule has 1 aliphatic carbocycles. The van der Waals surface area contributed by atoms with Gasteiger partial charge in [0.2, 0.25) is 5.91 Å². The van der Waals surface area contributed by atoms with Crippen LogP contribution in [-0.2, 0) is 17.6 Å². The third kappa shape index (κ3) is 3.37. The van der Waals surface area contributed by atoms with E-state index in [0.717, 1.165) is 52.9 Å². The minimum Gasteiger partial charge on any atom is -0.356 e. The number of H-pyrrole nitrogens is 1. The summed E-state index contributed by atoms with van der Waals surface area (Å²) in [7, 11) is 0. The fourth-order valence-corrected chi connectivity index (χ4v) is 4.31. The van der Waals surface area contributed by atoms with Crippen LogP contribution >= 0.6 is 0 Å². The first-order chi connectivity index (χ1) is 14.2. The number of hydrogen-bond donors (Lipinski definition) is 2. The quantitative estimate of drug-likeness (QED) is 0.542. The van der Waals surface area contributed by atoms with E-state index in [1.165, 1.54) is 6.07 Å². The number of amides is 1. The first kappa shape index (κ1) is 17.8. The van der Waals surface area contributed by atoms with Crippen LogP contribution < -0.4 is 5.32 Å². The molecule has 1 amide bonds. The summed E-state index contributed by atoms with van der Waals surface area (Å²) < 4.78 is 15.6. The molecule has 4 aromatic rings. The van der Waals surface area contributed by atoms with Crippen molar-refractivity contribution in [1.82, 2.24) is 24.9 Å². The molecule has 3 aromatic heterocycles. The number of aryl methyl sites for hydroxylation is 2. The molecule has 0 saturated heterocycles. The number of nitrogens with zero attached hydrogens (tertiary/aromatic N) is 3. The minimum absolute atomic E-state index is 0.0292. The molecule has 1 aromatic carbocycles. The highest BCUT2D eigenvalue weighted by Gasteiger charge is 2.25. The molecular weight excluding hydrogens is 369 g/mol.